The van der Waals surface area contributed by atoms with Crippen LogP contribution in [0, 0.1) is 17.8 Å². The summed E-state index contributed by atoms with van der Waals surface area (Å²) in [5.74, 6) is 2.03. The highest BCUT2D eigenvalue weighted by atomic mass is 16.2. The van der Waals surface area contributed by atoms with Gasteiger partial charge < -0.3 is 9.80 Å². The highest BCUT2D eigenvalue weighted by molar-refractivity contribution is 5.92. The highest BCUT2D eigenvalue weighted by Crippen LogP contribution is 2.44. The second kappa shape index (κ2) is 8.08. The lowest BCUT2D eigenvalue weighted by Crippen LogP contribution is -2.65. The Morgan fingerprint density at radius 3 is 2.66 bits per heavy atom. The van der Waals surface area contributed by atoms with Crippen LogP contribution in [0.25, 0.3) is 0 Å². The van der Waals surface area contributed by atoms with Crippen LogP contribution in [-0.4, -0.2) is 51.8 Å². The van der Waals surface area contributed by atoms with Gasteiger partial charge in [-0.05, 0) is 55.6 Å². The molecule has 3 saturated heterocycles. The molecule has 1 aromatic rings. The predicted molar refractivity (Wildman–Crippen MR) is 111 cm³/mol. The van der Waals surface area contributed by atoms with Gasteiger partial charge in [0, 0.05) is 37.8 Å². The molecular weight excluding hydrogens is 362 g/mol. The molecule has 4 heterocycles. The number of aromatic nitrogens is 1. The molecule has 2 bridgehead atoms. The molecule has 1 saturated carbocycles. The number of nitrogens with zero attached hydrogens (tertiary/aromatic N) is 3. The number of hydrogen-bond donors (Lipinski definition) is 0. The maximum absolute atomic E-state index is 13.1. The zero-order chi connectivity index (χ0) is 19.8. The Morgan fingerprint density at radius 2 is 1.86 bits per heavy atom. The molecule has 0 N–H and O–H groups in total. The van der Waals surface area contributed by atoms with Crippen LogP contribution in [0.1, 0.15) is 74.7 Å². The third kappa shape index (κ3) is 3.69. The van der Waals surface area contributed by atoms with Crippen molar-refractivity contribution in [2.24, 2.45) is 17.8 Å². The molecule has 4 fully saturated rings. The van der Waals surface area contributed by atoms with Gasteiger partial charge in [-0.2, -0.15) is 0 Å². The molecule has 0 spiro atoms. The maximum atomic E-state index is 13.1. The van der Waals surface area contributed by atoms with Gasteiger partial charge in [0.05, 0.1) is 0 Å². The van der Waals surface area contributed by atoms with Crippen LogP contribution in [0.4, 0.5) is 0 Å². The Morgan fingerprint density at radius 1 is 1.03 bits per heavy atom. The van der Waals surface area contributed by atoms with Crippen molar-refractivity contribution in [1.82, 2.24) is 14.8 Å². The van der Waals surface area contributed by atoms with E-state index in [0.717, 1.165) is 38.3 Å². The fourth-order valence-electron chi connectivity index (χ4n) is 6.66. The van der Waals surface area contributed by atoms with Crippen molar-refractivity contribution < 1.29 is 9.59 Å². The van der Waals surface area contributed by atoms with Crippen LogP contribution < -0.4 is 0 Å². The fraction of sp³-hybridized carbons (Fsp3) is 0.708. The summed E-state index contributed by atoms with van der Waals surface area (Å²) in [7, 11) is 0. The first-order chi connectivity index (χ1) is 14.2. The second-order valence-corrected chi connectivity index (χ2v) is 9.75. The average molecular weight is 396 g/mol. The number of carbonyl (C=O) groups excluding carboxylic acids is 2. The maximum Gasteiger partial charge on any atom is 0.272 e. The van der Waals surface area contributed by atoms with Gasteiger partial charge in [-0.15, -0.1) is 0 Å². The number of pyridine rings is 1. The lowest BCUT2D eigenvalue weighted by Gasteiger charge is -2.57. The Kier molecular flexibility index (Phi) is 5.31. The molecule has 4 atom stereocenters. The minimum Gasteiger partial charge on any atom is -0.337 e. The molecule has 0 radical (unpaired) electrons. The number of carbonyl (C=O) groups is 2. The lowest BCUT2D eigenvalue weighted by atomic mass is 9.69. The largest absolute Gasteiger partial charge is 0.337 e. The summed E-state index contributed by atoms with van der Waals surface area (Å²) in [4.78, 5) is 34.8. The lowest BCUT2D eigenvalue weighted by molar-refractivity contribution is -0.153. The van der Waals surface area contributed by atoms with Crippen molar-refractivity contribution in [3.05, 3.63) is 30.1 Å². The molecule has 0 unspecified atom stereocenters. The molecular formula is C24H33N3O2. The van der Waals surface area contributed by atoms with Crippen molar-refractivity contribution in [2.75, 3.05) is 13.1 Å². The van der Waals surface area contributed by atoms with Crippen molar-refractivity contribution in [3.63, 3.8) is 0 Å². The van der Waals surface area contributed by atoms with Crippen molar-refractivity contribution in [1.29, 1.82) is 0 Å². The van der Waals surface area contributed by atoms with E-state index >= 15 is 0 Å². The smallest absolute Gasteiger partial charge is 0.272 e. The standard InChI is InChI=1S/C24H33N3O2/c28-23-11-6-10-21-18-14-19(22(27(21)23)13-17-7-2-1-3-8-17)16-26(15-18)24(29)20-9-4-5-12-25-20/h4-5,9,12,17-19,21-22H,1-3,6-8,10-11,13-16H2/t18-,19+,21+,22+/m1/s1. The number of likely N-dealkylation sites (tertiary alicyclic amines) is 1. The van der Waals surface area contributed by atoms with E-state index in [4.69, 9.17) is 0 Å². The van der Waals surface area contributed by atoms with E-state index in [1.165, 1.54) is 38.5 Å². The molecule has 1 aliphatic carbocycles. The van der Waals surface area contributed by atoms with Gasteiger partial charge in [-0.3, -0.25) is 14.6 Å². The summed E-state index contributed by atoms with van der Waals surface area (Å²) >= 11 is 0. The second-order valence-electron chi connectivity index (χ2n) is 9.75. The van der Waals surface area contributed by atoms with Crippen LogP contribution in [0.15, 0.2) is 24.4 Å². The summed E-state index contributed by atoms with van der Waals surface area (Å²) in [6.45, 7) is 1.55. The van der Waals surface area contributed by atoms with Gasteiger partial charge in [0.15, 0.2) is 0 Å². The van der Waals surface area contributed by atoms with E-state index in [0.29, 0.717) is 41.9 Å². The summed E-state index contributed by atoms with van der Waals surface area (Å²) in [5, 5.41) is 0. The van der Waals surface area contributed by atoms with Crippen molar-refractivity contribution >= 4 is 11.8 Å². The van der Waals surface area contributed by atoms with E-state index in [-0.39, 0.29) is 5.91 Å². The van der Waals surface area contributed by atoms with Crippen LogP contribution in [-0.2, 0) is 4.79 Å². The summed E-state index contributed by atoms with van der Waals surface area (Å²) in [5.41, 5.74) is 0.549. The monoisotopic (exact) mass is 395 g/mol. The molecule has 4 aliphatic rings. The zero-order valence-electron chi connectivity index (χ0n) is 17.3. The van der Waals surface area contributed by atoms with Gasteiger partial charge >= 0.3 is 0 Å². The third-order valence-electron chi connectivity index (χ3n) is 7.97. The quantitative estimate of drug-likeness (QED) is 0.780. The number of amides is 2. The topological polar surface area (TPSA) is 53.5 Å². The van der Waals surface area contributed by atoms with E-state index in [2.05, 4.69) is 9.88 Å². The van der Waals surface area contributed by atoms with Crippen molar-refractivity contribution in [3.8, 4) is 0 Å². The molecule has 0 aromatic carbocycles. The molecule has 156 valence electrons. The van der Waals surface area contributed by atoms with Crippen LogP contribution in [0.2, 0.25) is 0 Å². The molecule has 5 heteroatoms. The molecule has 3 aliphatic heterocycles. The number of fused-ring (bicyclic) bond motifs is 4. The minimum absolute atomic E-state index is 0.0623. The fourth-order valence-corrected chi connectivity index (χ4v) is 6.66. The number of hydrogen-bond acceptors (Lipinski definition) is 3. The zero-order valence-corrected chi connectivity index (χ0v) is 17.3. The Hall–Kier alpha value is -1.91. The van der Waals surface area contributed by atoms with Crippen LogP contribution in [0.5, 0.6) is 0 Å². The highest BCUT2D eigenvalue weighted by Gasteiger charge is 2.50. The molecule has 2 amide bonds. The predicted octanol–water partition coefficient (Wildman–Crippen LogP) is 3.89. The molecule has 1 aromatic heterocycles. The van der Waals surface area contributed by atoms with Crippen molar-refractivity contribution in [2.45, 2.75) is 76.3 Å². The summed E-state index contributed by atoms with van der Waals surface area (Å²) in [6, 6.07) is 6.22. The van der Waals surface area contributed by atoms with Crippen LogP contribution >= 0.6 is 0 Å². The Balaban J connectivity index is 1.39. The van der Waals surface area contributed by atoms with Gasteiger partial charge in [-0.1, -0.05) is 38.2 Å². The molecule has 5 nitrogen and oxygen atoms in total. The van der Waals surface area contributed by atoms with Crippen LogP contribution in [0.3, 0.4) is 0 Å². The third-order valence-corrected chi connectivity index (χ3v) is 7.97. The molecule has 5 rings (SSSR count). The summed E-state index contributed by atoms with van der Waals surface area (Å²) in [6.07, 6.45) is 13.5. The normalized spacial score (nSPS) is 32.8. The summed E-state index contributed by atoms with van der Waals surface area (Å²) < 4.78 is 0. The average Bonchev–Trinajstić information content (AvgIpc) is 2.77. The van der Waals surface area contributed by atoms with E-state index in [1.54, 1.807) is 6.20 Å². The Labute approximate surface area is 173 Å². The SMILES string of the molecule is O=C(c1ccccn1)N1C[C@H]2C[C@@H](C1)[C@H](CC1CCCCC1)N1C(=O)CCC[C@@H]21. The Bertz CT molecular complexity index is 746. The van der Waals surface area contributed by atoms with Gasteiger partial charge in [0.25, 0.3) is 5.91 Å². The first-order valence-electron chi connectivity index (χ1n) is 11.7. The van der Waals surface area contributed by atoms with E-state index in [1.807, 2.05) is 23.1 Å². The first-order valence-corrected chi connectivity index (χ1v) is 11.7. The van der Waals surface area contributed by atoms with Gasteiger partial charge in [-0.25, -0.2) is 0 Å². The number of piperidine rings is 3. The van der Waals surface area contributed by atoms with Gasteiger partial charge in [0.1, 0.15) is 5.69 Å². The van der Waals surface area contributed by atoms with E-state index in [9.17, 15) is 9.59 Å². The minimum atomic E-state index is 0.0623. The van der Waals surface area contributed by atoms with Gasteiger partial charge in [0.2, 0.25) is 5.91 Å². The molecule has 29 heavy (non-hydrogen) atoms. The number of rotatable bonds is 3. The first kappa shape index (κ1) is 19.1. The van der Waals surface area contributed by atoms with E-state index < -0.39 is 0 Å².